The molecule has 0 bridgehead atoms. The summed E-state index contributed by atoms with van der Waals surface area (Å²) in [5, 5.41) is 3.60. The van der Waals surface area contributed by atoms with Gasteiger partial charge in [-0.15, -0.1) is 11.3 Å². The van der Waals surface area contributed by atoms with Gasteiger partial charge in [-0.2, -0.15) is 0 Å². The molecule has 2 aromatic rings. The molecule has 0 spiro atoms. The molecule has 0 saturated carbocycles. The van der Waals surface area contributed by atoms with Crippen LogP contribution >= 0.6 is 11.3 Å². The molecule has 0 radical (unpaired) electrons. The molecule has 2 aromatic heterocycles. The van der Waals surface area contributed by atoms with Crippen LogP contribution < -0.4 is 5.32 Å². The van der Waals surface area contributed by atoms with Gasteiger partial charge in [-0.3, -0.25) is 14.5 Å². The fraction of sp³-hybridized carbons (Fsp3) is 0.522. The summed E-state index contributed by atoms with van der Waals surface area (Å²) in [5.41, 5.74) is 1.56. The fourth-order valence-corrected chi connectivity index (χ4v) is 5.60. The van der Waals surface area contributed by atoms with Gasteiger partial charge < -0.3 is 19.4 Å². The highest BCUT2D eigenvalue weighted by atomic mass is 32.1. The van der Waals surface area contributed by atoms with E-state index in [1.165, 1.54) is 22.5 Å². The molecule has 9 heteroatoms. The zero-order chi connectivity index (χ0) is 22.7. The van der Waals surface area contributed by atoms with Crippen molar-refractivity contribution in [3.8, 4) is 0 Å². The van der Waals surface area contributed by atoms with E-state index in [1.54, 1.807) is 24.0 Å². The molecule has 0 unspecified atom stereocenters. The minimum absolute atomic E-state index is 0.130. The maximum absolute atomic E-state index is 13.1. The summed E-state index contributed by atoms with van der Waals surface area (Å²) < 4.78 is 10.5. The van der Waals surface area contributed by atoms with Crippen LogP contribution in [0.25, 0.3) is 0 Å². The maximum atomic E-state index is 13.1. The average Bonchev–Trinajstić information content (AvgIpc) is 3.46. The molecule has 2 aliphatic rings. The highest BCUT2D eigenvalue weighted by molar-refractivity contribution is 7.17. The fourth-order valence-electron chi connectivity index (χ4n) is 4.32. The molecule has 1 aliphatic carbocycles. The minimum Gasteiger partial charge on any atom is -0.462 e. The molecule has 3 heterocycles. The lowest BCUT2D eigenvalue weighted by atomic mass is 9.95. The van der Waals surface area contributed by atoms with Crippen molar-refractivity contribution in [2.24, 2.45) is 0 Å². The summed E-state index contributed by atoms with van der Waals surface area (Å²) in [6.45, 7) is 6.18. The first-order chi connectivity index (χ1) is 15.5. The third-order valence-corrected chi connectivity index (χ3v) is 7.36. The van der Waals surface area contributed by atoms with E-state index in [9.17, 15) is 14.4 Å². The Morgan fingerprint density at radius 1 is 1.19 bits per heavy atom. The third kappa shape index (κ3) is 4.59. The Morgan fingerprint density at radius 2 is 1.94 bits per heavy atom. The Bertz CT molecular complexity index is 976. The largest absolute Gasteiger partial charge is 0.462 e. The Balaban J connectivity index is 1.40. The number of carbonyl (C=O) groups is 3. The second kappa shape index (κ2) is 9.87. The van der Waals surface area contributed by atoms with E-state index in [1.807, 2.05) is 6.92 Å². The van der Waals surface area contributed by atoms with Gasteiger partial charge in [-0.05, 0) is 57.2 Å². The molecule has 1 saturated heterocycles. The zero-order valence-electron chi connectivity index (χ0n) is 18.5. The van der Waals surface area contributed by atoms with E-state index in [2.05, 4.69) is 10.2 Å². The predicted octanol–water partition coefficient (Wildman–Crippen LogP) is 3.18. The molecule has 172 valence electrons. The molecule has 4 rings (SSSR count). The second-order valence-corrected chi connectivity index (χ2v) is 9.21. The van der Waals surface area contributed by atoms with Gasteiger partial charge in [0.05, 0.1) is 24.5 Å². The molecule has 8 nitrogen and oxygen atoms in total. The van der Waals surface area contributed by atoms with Crippen LogP contribution in [0.1, 0.15) is 58.0 Å². The van der Waals surface area contributed by atoms with Gasteiger partial charge in [0.15, 0.2) is 5.76 Å². The van der Waals surface area contributed by atoms with Crippen LogP contribution in [0.5, 0.6) is 0 Å². The number of piperazine rings is 1. The molecule has 32 heavy (non-hydrogen) atoms. The van der Waals surface area contributed by atoms with E-state index in [0.29, 0.717) is 49.1 Å². The second-order valence-electron chi connectivity index (χ2n) is 8.11. The maximum Gasteiger partial charge on any atom is 0.341 e. The number of fused-ring (bicyclic) bond motifs is 1. The summed E-state index contributed by atoms with van der Waals surface area (Å²) in [6, 6.07) is 2.97. The number of ether oxygens (including phenoxy) is 1. The van der Waals surface area contributed by atoms with Crippen molar-refractivity contribution in [2.45, 2.75) is 45.6 Å². The number of amides is 2. The van der Waals surface area contributed by atoms with Gasteiger partial charge in [-0.1, -0.05) is 0 Å². The Hall–Kier alpha value is -2.65. The van der Waals surface area contributed by atoms with Crippen LogP contribution in [0.4, 0.5) is 5.00 Å². The van der Waals surface area contributed by atoms with Crippen molar-refractivity contribution in [2.75, 3.05) is 38.1 Å². The van der Waals surface area contributed by atoms with E-state index in [4.69, 9.17) is 9.15 Å². The van der Waals surface area contributed by atoms with E-state index < -0.39 is 0 Å². The molecule has 1 aliphatic heterocycles. The molecule has 1 N–H and O–H groups in total. The predicted molar refractivity (Wildman–Crippen MR) is 121 cm³/mol. The first kappa shape index (κ1) is 22.5. The zero-order valence-corrected chi connectivity index (χ0v) is 19.3. The molecular formula is C23H29N3O5S. The number of hydrogen-bond acceptors (Lipinski definition) is 7. The van der Waals surface area contributed by atoms with Crippen LogP contribution in [0.2, 0.25) is 0 Å². The number of nitrogens with zero attached hydrogens (tertiary/aromatic N) is 2. The molecule has 0 aromatic carbocycles. The van der Waals surface area contributed by atoms with Crippen LogP contribution in [-0.4, -0.2) is 66.4 Å². The normalized spacial score (nSPS) is 17.5. The SMILES string of the molecule is CCOC(=O)c1c(NC(=O)[C@@H](C)N2CCN(C(=O)c3ccco3)CC2)sc2c1CCCC2. The molecule has 1 atom stereocenters. The number of thiophene rings is 1. The molecule has 1 fully saturated rings. The number of carbonyl (C=O) groups excluding carboxylic acids is 3. The van der Waals surface area contributed by atoms with Crippen LogP contribution in [0.3, 0.4) is 0 Å². The Morgan fingerprint density at radius 3 is 2.62 bits per heavy atom. The highest BCUT2D eigenvalue weighted by Crippen LogP contribution is 2.38. The average molecular weight is 460 g/mol. The lowest BCUT2D eigenvalue weighted by molar-refractivity contribution is -0.121. The lowest BCUT2D eigenvalue weighted by Gasteiger charge is -2.37. The van der Waals surface area contributed by atoms with Gasteiger partial charge in [0.1, 0.15) is 5.00 Å². The standard InChI is InChI=1S/C23H29N3O5S/c1-3-30-23(29)19-16-7-4-5-9-18(16)32-21(19)24-20(27)15(2)25-10-12-26(13-11-25)22(28)17-8-6-14-31-17/h6,8,14-15H,3-5,7,9-13H2,1-2H3,(H,24,27)/t15-/m1/s1. The first-order valence-electron chi connectivity index (χ1n) is 11.2. The number of rotatable bonds is 6. The van der Waals surface area contributed by atoms with Gasteiger partial charge >= 0.3 is 5.97 Å². The van der Waals surface area contributed by atoms with Crippen LogP contribution in [0, 0.1) is 0 Å². The minimum atomic E-state index is -0.384. The topological polar surface area (TPSA) is 92.1 Å². The Kier molecular flexibility index (Phi) is 6.95. The molecular weight excluding hydrogens is 430 g/mol. The first-order valence-corrected chi connectivity index (χ1v) is 12.0. The van der Waals surface area contributed by atoms with Gasteiger partial charge in [0.25, 0.3) is 5.91 Å². The van der Waals surface area contributed by atoms with Crippen LogP contribution in [0.15, 0.2) is 22.8 Å². The number of nitrogens with one attached hydrogen (secondary N) is 1. The summed E-state index contributed by atoms with van der Waals surface area (Å²) in [6.07, 6.45) is 5.41. The van der Waals surface area contributed by atoms with Crippen molar-refractivity contribution in [1.29, 1.82) is 0 Å². The number of aryl methyl sites for hydroxylation is 1. The summed E-state index contributed by atoms with van der Waals surface area (Å²) in [7, 11) is 0. The Labute approximate surface area is 191 Å². The summed E-state index contributed by atoms with van der Waals surface area (Å²) in [5.74, 6) is -0.313. The summed E-state index contributed by atoms with van der Waals surface area (Å²) in [4.78, 5) is 43.1. The number of anilines is 1. The smallest absolute Gasteiger partial charge is 0.341 e. The van der Waals surface area contributed by atoms with E-state index >= 15 is 0 Å². The van der Waals surface area contributed by atoms with Crippen molar-refractivity contribution in [3.05, 3.63) is 40.2 Å². The van der Waals surface area contributed by atoms with Crippen molar-refractivity contribution in [1.82, 2.24) is 9.80 Å². The lowest BCUT2D eigenvalue weighted by Crippen LogP contribution is -2.54. The highest BCUT2D eigenvalue weighted by Gasteiger charge is 2.31. The quantitative estimate of drug-likeness (QED) is 0.667. The summed E-state index contributed by atoms with van der Waals surface area (Å²) >= 11 is 1.50. The van der Waals surface area contributed by atoms with Gasteiger partial charge in [-0.25, -0.2) is 4.79 Å². The number of esters is 1. The van der Waals surface area contributed by atoms with Crippen molar-refractivity contribution in [3.63, 3.8) is 0 Å². The van der Waals surface area contributed by atoms with E-state index in [-0.39, 0.29) is 23.8 Å². The van der Waals surface area contributed by atoms with Crippen molar-refractivity contribution < 1.29 is 23.5 Å². The monoisotopic (exact) mass is 459 g/mol. The number of hydrogen-bond donors (Lipinski definition) is 1. The molecule has 2 amide bonds. The van der Waals surface area contributed by atoms with Gasteiger partial charge in [0.2, 0.25) is 5.91 Å². The van der Waals surface area contributed by atoms with Crippen LogP contribution in [-0.2, 0) is 22.4 Å². The van der Waals surface area contributed by atoms with Gasteiger partial charge in [0, 0.05) is 31.1 Å². The number of furan rings is 1. The van der Waals surface area contributed by atoms with Crippen molar-refractivity contribution >= 4 is 34.1 Å². The third-order valence-electron chi connectivity index (χ3n) is 6.15. The van der Waals surface area contributed by atoms with E-state index in [0.717, 1.165) is 31.2 Å².